The van der Waals surface area contributed by atoms with E-state index in [4.69, 9.17) is 0 Å². The monoisotopic (exact) mass is 234 g/mol. The molecule has 1 aliphatic heterocycles. The van der Waals surface area contributed by atoms with E-state index in [0.29, 0.717) is 6.04 Å². The Morgan fingerprint density at radius 1 is 1.12 bits per heavy atom. The zero-order chi connectivity index (χ0) is 12.3. The second-order valence-corrected chi connectivity index (χ2v) is 4.77. The van der Waals surface area contributed by atoms with E-state index in [9.17, 15) is 5.11 Å². The van der Waals surface area contributed by atoms with Gasteiger partial charge in [0, 0.05) is 32.2 Å². The molecule has 1 aliphatic rings. The van der Waals surface area contributed by atoms with Crippen molar-refractivity contribution in [1.82, 2.24) is 10.2 Å². The van der Waals surface area contributed by atoms with Gasteiger partial charge in [0.25, 0.3) is 0 Å². The van der Waals surface area contributed by atoms with Crippen LogP contribution in [0.1, 0.15) is 37.1 Å². The van der Waals surface area contributed by atoms with Gasteiger partial charge in [0.1, 0.15) is 0 Å². The molecule has 0 aliphatic carbocycles. The Kier molecular flexibility index (Phi) is 4.15. The molecule has 2 rings (SSSR count). The summed E-state index contributed by atoms with van der Waals surface area (Å²) in [5.74, 6) is 0. The molecule has 2 unspecified atom stereocenters. The molecule has 0 spiro atoms. The van der Waals surface area contributed by atoms with Gasteiger partial charge in [0.15, 0.2) is 0 Å². The van der Waals surface area contributed by atoms with Crippen molar-refractivity contribution in [2.45, 2.75) is 26.0 Å². The second-order valence-electron chi connectivity index (χ2n) is 4.77. The van der Waals surface area contributed by atoms with Crippen LogP contribution in [0.3, 0.4) is 0 Å². The van der Waals surface area contributed by atoms with Crippen LogP contribution in [0.25, 0.3) is 0 Å². The molecule has 2 N–H and O–H groups in total. The van der Waals surface area contributed by atoms with Crippen LogP contribution in [0.2, 0.25) is 0 Å². The van der Waals surface area contributed by atoms with E-state index in [1.54, 1.807) is 0 Å². The highest BCUT2D eigenvalue weighted by molar-refractivity contribution is 5.31. The third-order valence-corrected chi connectivity index (χ3v) is 3.60. The number of aliphatic hydroxyl groups excluding tert-OH is 1. The Labute approximate surface area is 103 Å². The van der Waals surface area contributed by atoms with Crippen LogP contribution < -0.4 is 5.32 Å². The topological polar surface area (TPSA) is 35.5 Å². The quantitative estimate of drug-likeness (QED) is 0.835. The zero-order valence-corrected chi connectivity index (χ0v) is 10.7. The Hall–Kier alpha value is -0.900. The Morgan fingerprint density at radius 3 is 2.29 bits per heavy atom. The van der Waals surface area contributed by atoms with E-state index < -0.39 is 6.10 Å². The number of aliphatic hydroxyl groups is 1. The summed E-state index contributed by atoms with van der Waals surface area (Å²) >= 11 is 0. The SMILES string of the molecule is CC(O)c1ccccc1C(C)N1CCNCC1. The third kappa shape index (κ3) is 2.86. The van der Waals surface area contributed by atoms with E-state index in [1.807, 2.05) is 19.1 Å². The van der Waals surface area contributed by atoms with Crippen molar-refractivity contribution in [2.24, 2.45) is 0 Å². The number of piperazine rings is 1. The van der Waals surface area contributed by atoms with Crippen LogP contribution in [0.5, 0.6) is 0 Å². The number of hydrogen-bond acceptors (Lipinski definition) is 3. The van der Waals surface area contributed by atoms with Crippen molar-refractivity contribution >= 4 is 0 Å². The minimum Gasteiger partial charge on any atom is -0.389 e. The fourth-order valence-electron chi connectivity index (χ4n) is 2.54. The van der Waals surface area contributed by atoms with Gasteiger partial charge in [-0.3, -0.25) is 4.90 Å². The first kappa shape index (κ1) is 12.6. The van der Waals surface area contributed by atoms with Gasteiger partial charge in [-0.1, -0.05) is 24.3 Å². The molecule has 0 amide bonds. The summed E-state index contributed by atoms with van der Waals surface area (Å²) in [7, 11) is 0. The molecule has 0 bridgehead atoms. The maximum absolute atomic E-state index is 9.82. The lowest BCUT2D eigenvalue weighted by Gasteiger charge is -2.34. The Bertz CT molecular complexity index is 359. The first-order valence-electron chi connectivity index (χ1n) is 6.42. The maximum Gasteiger partial charge on any atom is 0.0765 e. The summed E-state index contributed by atoms with van der Waals surface area (Å²) in [5.41, 5.74) is 2.31. The number of nitrogens with zero attached hydrogens (tertiary/aromatic N) is 1. The van der Waals surface area contributed by atoms with Crippen LogP contribution in [0.4, 0.5) is 0 Å². The Morgan fingerprint density at radius 2 is 1.71 bits per heavy atom. The summed E-state index contributed by atoms with van der Waals surface area (Å²) < 4.78 is 0. The Balaban J connectivity index is 2.20. The van der Waals surface area contributed by atoms with Gasteiger partial charge in [-0.05, 0) is 25.0 Å². The van der Waals surface area contributed by atoms with Crippen LogP contribution >= 0.6 is 0 Å². The summed E-state index contributed by atoms with van der Waals surface area (Å²) in [6.45, 7) is 8.34. The minimum atomic E-state index is -0.392. The fraction of sp³-hybridized carbons (Fsp3) is 0.571. The molecule has 17 heavy (non-hydrogen) atoms. The molecule has 3 heteroatoms. The van der Waals surface area contributed by atoms with Crippen molar-refractivity contribution in [3.63, 3.8) is 0 Å². The van der Waals surface area contributed by atoms with Crippen LogP contribution in [0.15, 0.2) is 24.3 Å². The summed E-state index contributed by atoms with van der Waals surface area (Å²) in [4.78, 5) is 2.47. The molecule has 1 aromatic rings. The molecule has 3 nitrogen and oxygen atoms in total. The van der Waals surface area contributed by atoms with Gasteiger partial charge >= 0.3 is 0 Å². The predicted molar refractivity (Wildman–Crippen MR) is 69.9 cm³/mol. The van der Waals surface area contributed by atoms with E-state index in [0.717, 1.165) is 31.7 Å². The molecule has 0 aromatic heterocycles. The molecule has 0 saturated carbocycles. The molecule has 0 radical (unpaired) electrons. The fourth-order valence-corrected chi connectivity index (χ4v) is 2.54. The lowest BCUT2D eigenvalue weighted by molar-refractivity contribution is 0.172. The second kappa shape index (κ2) is 5.63. The van der Waals surface area contributed by atoms with Crippen molar-refractivity contribution in [2.75, 3.05) is 26.2 Å². The minimum absolute atomic E-state index is 0.378. The zero-order valence-electron chi connectivity index (χ0n) is 10.7. The van der Waals surface area contributed by atoms with E-state index in [2.05, 4.69) is 29.3 Å². The molecule has 1 aromatic carbocycles. The third-order valence-electron chi connectivity index (χ3n) is 3.60. The highest BCUT2D eigenvalue weighted by atomic mass is 16.3. The lowest BCUT2D eigenvalue weighted by Crippen LogP contribution is -2.44. The largest absolute Gasteiger partial charge is 0.389 e. The predicted octanol–water partition coefficient (Wildman–Crippen LogP) is 1.71. The molecule has 1 fully saturated rings. The summed E-state index contributed by atoms with van der Waals surface area (Å²) in [5, 5.41) is 13.2. The number of hydrogen-bond donors (Lipinski definition) is 2. The summed E-state index contributed by atoms with van der Waals surface area (Å²) in [6.07, 6.45) is -0.392. The van der Waals surface area contributed by atoms with Crippen molar-refractivity contribution in [1.29, 1.82) is 0 Å². The molecule has 1 saturated heterocycles. The van der Waals surface area contributed by atoms with E-state index >= 15 is 0 Å². The summed E-state index contributed by atoms with van der Waals surface area (Å²) in [6, 6.07) is 8.59. The average Bonchev–Trinajstić information content (AvgIpc) is 2.39. The van der Waals surface area contributed by atoms with Crippen molar-refractivity contribution in [3.8, 4) is 0 Å². The van der Waals surface area contributed by atoms with Gasteiger partial charge in [0.05, 0.1) is 6.10 Å². The smallest absolute Gasteiger partial charge is 0.0765 e. The maximum atomic E-state index is 9.82. The van der Waals surface area contributed by atoms with Gasteiger partial charge in [-0.2, -0.15) is 0 Å². The first-order valence-corrected chi connectivity index (χ1v) is 6.42. The van der Waals surface area contributed by atoms with Crippen molar-refractivity contribution < 1.29 is 5.11 Å². The molecule has 1 heterocycles. The molecular weight excluding hydrogens is 212 g/mol. The van der Waals surface area contributed by atoms with Gasteiger partial charge in [0.2, 0.25) is 0 Å². The van der Waals surface area contributed by atoms with Crippen LogP contribution in [-0.4, -0.2) is 36.2 Å². The molecule has 2 atom stereocenters. The lowest BCUT2D eigenvalue weighted by atomic mass is 9.97. The first-order chi connectivity index (χ1) is 8.20. The highest BCUT2D eigenvalue weighted by Crippen LogP contribution is 2.27. The van der Waals surface area contributed by atoms with Gasteiger partial charge in [-0.15, -0.1) is 0 Å². The standard InChI is InChI=1S/C14H22N2O/c1-11(16-9-7-15-8-10-16)13-5-3-4-6-14(13)12(2)17/h3-6,11-12,15,17H,7-10H2,1-2H3. The molecular formula is C14H22N2O. The van der Waals surface area contributed by atoms with Gasteiger partial charge in [-0.25, -0.2) is 0 Å². The number of nitrogens with one attached hydrogen (secondary N) is 1. The van der Waals surface area contributed by atoms with Crippen LogP contribution in [0, 0.1) is 0 Å². The highest BCUT2D eigenvalue weighted by Gasteiger charge is 2.20. The number of rotatable bonds is 3. The van der Waals surface area contributed by atoms with E-state index in [-0.39, 0.29) is 0 Å². The normalized spacial score (nSPS) is 21.1. The average molecular weight is 234 g/mol. The van der Waals surface area contributed by atoms with Crippen LogP contribution in [-0.2, 0) is 0 Å². The molecule has 94 valence electrons. The van der Waals surface area contributed by atoms with Crippen molar-refractivity contribution in [3.05, 3.63) is 35.4 Å². The number of benzene rings is 1. The van der Waals surface area contributed by atoms with Gasteiger partial charge < -0.3 is 10.4 Å². The van der Waals surface area contributed by atoms with E-state index in [1.165, 1.54) is 5.56 Å².